The largest absolute Gasteiger partial charge is 0.371 e. The lowest BCUT2D eigenvalue weighted by Gasteiger charge is -2.22. The first-order chi connectivity index (χ1) is 10.8. The third-order valence-corrected chi connectivity index (χ3v) is 4.24. The second-order valence-electron chi connectivity index (χ2n) is 5.82. The lowest BCUT2D eigenvalue weighted by Crippen LogP contribution is -2.29. The number of amides is 1. The highest BCUT2D eigenvalue weighted by Crippen LogP contribution is 2.25. The Morgan fingerprint density at radius 1 is 1.00 bits per heavy atom. The van der Waals surface area contributed by atoms with Gasteiger partial charge in [0, 0.05) is 18.8 Å². The molecule has 0 saturated carbocycles. The predicted molar refractivity (Wildman–Crippen MR) is 90.2 cm³/mol. The fraction of sp³-hybridized carbons (Fsp3) is 0.316. The predicted octanol–water partition coefficient (Wildman–Crippen LogP) is 3.78. The van der Waals surface area contributed by atoms with Crippen LogP contribution in [0.4, 0.5) is 5.69 Å². The standard InChI is InChI=1S/C19H22N2O/c1-15(16-9-3-2-4-10-16)20-19(22)17-11-5-6-12-18(17)21-13-7-8-14-21/h2-6,9-12,15H,7-8,13-14H2,1H3,(H,20,22). The van der Waals surface area contributed by atoms with Crippen LogP contribution in [-0.2, 0) is 0 Å². The Morgan fingerprint density at radius 2 is 1.64 bits per heavy atom. The van der Waals surface area contributed by atoms with Crippen LogP contribution in [0.5, 0.6) is 0 Å². The molecule has 1 atom stereocenters. The molecule has 2 aromatic rings. The summed E-state index contributed by atoms with van der Waals surface area (Å²) in [6, 6.07) is 18.0. The first kappa shape index (κ1) is 14.6. The number of hydrogen-bond donors (Lipinski definition) is 1. The molecule has 22 heavy (non-hydrogen) atoms. The highest BCUT2D eigenvalue weighted by Gasteiger charge is 2.20. The van der Waals surface area contributed by atoms with E-state index >= 15 is 0 Å². The Hall–Kier alpha value is -2.29. The number of carbonyl (C=O) groups excluding carboxylic acids is 1. The monoisotopic (exact) mass is 294 g/mol. The normalized spacial score (nSPS) is 15.6. The molecule has 114 valence electrons. The zero-order valence-corrected chi connectivity index (χ0v) is 13.0. The van der Waals surface area contributed by atoms with Crippen LogP contribution in [0.25, 0.3) is 0 Å². The Bertz CT molecular complexity index is 633. The molecular formula is C19H22N2O. The van der Waals surface area contributed by atoms with Crippen molar-refractivity contribution < 1.29 is 4.79 Å². The quantitative estimate of drug-likeness (QED) is 0.930. The van der Waals surface area contributed by atoms with Crippen molar-refractivity contribution in [2.24, 2.45) is 0 Å². The molecule has 3 heteroatoms. The summed E-state index contributed by atoms with van der Waals surface area (Å²) in [6.07, 6.45) is 2.41. The molecule has 2 aromatic carbocycles. The molecule has 3 rings (SSSR count). The second kappa shape index (κ2) is 6.65. The van der Waals surface area contributed by atoms with E-state index in [1.54, 1.807) is 0 Å². The third kappa shape index (κ3) is 3.14. The zero-order valence-electron chi connectivity index (χ0n) is 13.0. The first-order valence-electron chi connectivity index (χ1n) is 7.95. The Kier molecular flexibility index (Phi) is 4.42. The Balaban J connectivity index is 1.78. The minimum Gasteiger partial charge on any atom is -0.371 e. The van der Waals surface area contributed by atoms with Gasteiger partial charge in [0.25, 0.3) is 5.91 Å². The highest BCUT2D eigenvalue weighted by atomic mass is 16.1. The van der Waals surface area contributed by atoms with Crippen LogP contribution in [0.1, 0.15) is 41.7 Å². The van der Waals surface area contributed by atoms with Crippen molar-refractivity contribution in [2.75, 3.05) is 18.0 Å². The fourth-order valence-electron chi connectivity index (χ4n) is 3.00. The average Bonchev–Trinajstić information content (AvgIpc) is 3.10. The molecule has 0 radical (unpaired) electrons. The maximum Gasteiger partial charge on any atom is 0.253 e. The van der Waals surface area contributed by atoms with Gasteiger partial charge in [-0.1, -0.05) is 42.5 Å². The SMILES string of the molecule is CC(NC(=O)c1ccccc1N1CCCC1)c1ccccc1. The van der Waals surface area contributed by atoms with Gasteiger partial charge in [-0.15, -0.1) is 0 Å². The lowest BCUT2D eigenvalue weighted by atomic mass is 10.1. The molecule has 1 heterocycles. The van der Waals surface area contributed by atoms with Gasteiger partial charge < -0.3 is 10.2 Å². The number of hydrogen-bond acceptors (Lipinski definition) is 2. The summed E-state index contributed by atoms with van der Waals surface area (Å²) in [4.78, 5) is 15.0. The molecular weight excluding hydrogens is 272 g/mol. The molecule has 1 aliphatic heterocycles. The number of nitrogens with one attached hydrogen (secondary N) is 1. The van der Waals surface area contributed by atoms with Gasteiger partial charge >= 0.3 is 0 Å². The van der Waals surface area contributed by atoms with Gasteiger partial charge in [-0.05, 0) is 37.5 Å². The van der Waals surface area contributed by atoms with Crippen LogP contribution >= 0.6 is 0 Å². The van der Waals surface area contributed by atoms with Crippen molar-refractivity contribution >= 4 is 11.6 Å². The number of carbonyl (C=O) groups is 1. The molecule has 3 nitrogen and oxygen atoms in total. The highest BCUT2D eigenvalue weighted by molar-refractivity contribution is 6.00. The third-order valence-electron chi connectivity index (χ3n) is 4.24. The van der Waals surface area contributed by atoms with Gasteiger partial charge in [-0.2, -0.15) is 0 Å². The maximum atomic E-state index is 12.7. The summed E-state index contributed by atoms with van der Waals surface area (Å²) in [5.74, 6) is -0.00106. The van der Waals surface area contributed by atoms with E-state index in [1.165, 1.54) is 12.8 Å². The number of rotatable bonds is 4. The van der Waals surface area contributed by atoms with Gasteiger partial charge in [-0.25, -0.2) is 0 Å². The molecule has 1 N–H and O–H groups in total. The van der Waals surface area contributed by atoms with Crippen molar-refractivity contribution in [3.8, 4) is 0 Å². The smallest absolute Gasteiger partial charge is 0.253 e. The van der Waals surface area contributed by atoms with Crippen LogP contribution in [0, 0.1) is 0 Å². The number of para-hydroxylation sites is 1. The van der Waals surface area contributed by atoms with Crippen molar-refractivity contribution in [3.63, 3.8) is 0 Å². The summed E-state index contributed by atoms with van der Waals surface area (Å²) < 4.78 is 0. The van der Waals surface area contributed by atoms with E-state index in [0.29, 0.717) is 0 Å². The molecule has 1 amide bonds. The fourth-order valence-corrected chi connectivity index (χ4v) is 3.00. The van der Waals surface area contributed by atoms with Gasteiger partial charge in [0.05, 0.1) is 11.6 Å². The maximum absolute atomic E-state index is 12.7. The van der Waals surface area contributed by atoms with Crippen LogP contribution < -0.4 is 10.2 Å². The van der Waals surface area contributed by atoms with Crippen molar-refractivity contribution in [1.29, 1.82) is 0 Å². The van der Waals surface area contributed by atoms with E-state index < -0.39 is 0 Å². The molecule has 0 spiro atoms. The van der Waals surface area contributed by atoms with E-state index in [2.05, 4.69) is 10.2 Å². The summed E-state index contributed by atoms with van der Waals surface area (Å²) in [6.45, 7) is 4.10. The number of benzene rings is 2. The minimum atomic E-state index is -0.00106. The average molecular weight is 294 g/mol. The van der Waals surface area contributed by atoms with Crippen LogP contribution in [-0.4, -0.2) is 19.0 Å². The molecule has 1 fully saturated rings. The minimum absolute atomic E-state index is 0.000309. The Labute approximate surface area is 132 Å². The topological polar surface area (TPSA) is 32.3 Å². The summed E-state index contributed by atoms with van der Waals surface area (Å²) in [5.41, 5.74) is 2.94. The van der Waals surface area contributed by atoms with Gasteiger partial charge in [0.1, 0.15) is 0 Å². The zero-order chi connectivity index (χ0) is 15.4. The second-order valence-corrected chi connectivity index (χ2v) is 5.82. The molecule has 1 saturated heterocycles. The van der Waals surface area contributed by atoms with E-state index in [0.717, 1.165) is 29.9 Å². The van der Waals surface area contributed by atoms with Crippen molar-refractivity contribution in [1.82, 2.24) is 5.32 Å². The van der Waals surface area contributed by atoms with Crippen molar-refractivity contribution in [2.45, 2.75) is 25.8 Å². The molecule has 1 aliphatic rings. The van der Waals surface area contributed by atoms with Gasteiger partial charge in [0.2, 0.25) is 0 Å². The molecule has 0 aromatic heterocycles. The number of nitrogens with zero attached hydrogens (tertiary/aromatic N) is 1. The molecule has 0 bridgehead atoms. The lowest BCUT2D eigenvalue weighted by molar-refractivity contribution is 0.0940. The van der Waals surface area contributed by atoms with E-state index in [9.17, 15) is 4.79 Å². The number of anilines is 1. The van der Waals surface area contributed by atoms with E-state index in [1.807, 2.05) is 61.5 Å². The van der Waals surface area contributed by atoms with Crippen LogP contribution in [0.15, 0.2) is 54.6 Å². The summed E-state index contributed by atoms with van der Waals surface area (Å²) in [5, 5.41) is 3.11. The summed E-state index contributed by atoms with van der Waals surface area (Å²) >= 11 is 0. The van der Waals surface area contributed by atoms with Crippen LogP contribution in [0.2, 0.25) is 0 Å². The Morgan fingerprint density at radius 3 is 2.36 bits per heavy atom. The van der Waals surface area contributed by atoms with Gasteiger partial charge in [0.15, 0.2) is 0 Å². The van der Waals surface area contributed by atoms with Gasteiger partial charge in [-0.3, -0.25) is 4.79 Å². The van der Waals surface area contributed by atoms with E-state index in [4.69, 9.17) is 0 Å². The van der Waals surface area contributed by atoms with E-state index in [-0.39, 0.29) is 11.9 Å². The van der Waals surface area contributed by atoms with Crippen LogP contribution in [0.3, 0.4) is 0 Å². The molecule has 1 unspecified atom stereocenters. The summed E-state index contributed by atoms with van der Waals surface area (Å²) in [7, 11) is 0. The molecule has 0 aliphatic carbocycles. The first-order valence-corrected chi connectivity index (χ1v) is 7.95. The van der Waals surface area contributed by atoms with Crippen molar-refractivity contribution in [3.05, 3.63) is 65.7 Å².